The maximum atomic E-state index is 13.1. The third-order valence-electron chi connectivity index (χ3n) is 5.21. The zero-order chi connectivity index (χ0) is 20.6. The highest BCUT2D eigenvalue weighted by Crippen LogP contribution is 2.38. The number of nitrogens with one attached hydrogen (secondary N) is 1. The number of aromatic nitrogens is 1. The highest BCUT2D eigenvalue weighted by Gasteiger charge is 2.31. The van der Waals surface area contributed by atoms with Gasteiger partial charge in [0.2, 0.25) is 0 Å². The lowest BCUT2D eigenvalue weighted by atomic mass is 9.98. The maximum Gasteiger partial charge on any atom is 0.416 e. The molecule has 4 rings (SSSR count). The van der Waals surface area contributed by atoms with Gasteiger partial charge in [-0.2, -0.15) is 13.2 Å². The Bertz CT molecular complexity index is 1070. The number of alkyl halides is 3. The van der Waals surface area contributed by atoms with E-state index in [0.717, 1.165) is 35.1 Å². The summed E-state index contributed by atoms with van der Waals surface area (Å²) in [6.07, 6.45) is 4.25. The van der Waals surface area contributed by atoms with E-state index in [1.165, 1.54) is 23.3 Å². The van der Waals surface area contributed by atoms with Crippen LogP contribution in [0, 0.1) is 0 Å². The van der Waals surface area contributed by atoms with Crippen LogP contribution in [-0.4, -0.2) is 4.98 Å². The zero-order valence-electron chi connectivity index (χ0n) is 16.0. The molecule has 0 aliphatic heterocycles. The molecule has 0 radical (unpaired) electrons. The van der Waals surface area contributed by atoms with Crippen LogP contribution in [0.1, 0.15) is 54.7 Å². The molecule has 1 atom stereocenters. The fourth-order valence-electron chi connectivity index (χ4n) is 3.68. The summed E-state index contributed by atoms with van der Waals surface area (Å²) in [7, 11) is 0. The summed E-state index contributed by atoms with van der Waals surface area (Å²) in [5.41, 5.74) is 6.92. The highest BCUT2D eigenvalue weighted by atomic mass is 32.1. The van der Waals surface area contributed by atoms with Crippen molar-refractivity contribution in [3.05, 3.63) is 58.6 Å². The summed E-state index contributed by atoms with van der Waals surface area (Å²) in [5, 5.41) is 4.27. The van der Waals surface area contributed by atoms with Gasteiger partial charge in [-0.3, -0.25) is 0 Å². The number of anilines is 2. The van der Waals surface area contributed by atoms with Crippen LogP contribution >= 0.6 is 11.3 Å². The van der Waals surface area contributed by atoms with E-state index in [1.807, 2.05) is 13.0 Å². The summed E-state index contributed by atoms with van der Waals surface area (Å²) >= 11 is 1.73. The van der Waals surface area contributed by atoms with Crippen LogP contribution in [0.4, 0.5) is 24.7 Å². The number of nitrogens with two attached hydrogens (primary N) is 1. The normalized spacial score (nSPS) is 15.9. The Morgan fingerprint density at radius 2 is 2.00 bits per heavy atom. The lowest BCUT2D eigenvalue weighted by molar-refractivity contribution is -0.137. The van der Waals surface area contributed by atoms with Crippen molar-refractivity contribution in [2.45, 2.75) is 44.8 Å². The van der Waals surface area contributed by atoms with E-state index < -0.39 is 11.7 Å². The van der Waals surface area contributed by atoms with Gasteiger partial charge in [-0.15, -0.1) is 11.3 Å². The average molecular weight is 418 g/mol. The monoisotopic (exact) mass is 417 g/mol. The van der Waals surface area contributed by atoms with Gasteiger partial charge in [0, 0.05) is 26.8 Å². The van der Waals surface area contributed by atoms with Gasteiger partial charge in [-0.25, -0.2) is 4.98 Å². The number of thiophene rings is 1. The molecule has 0 bridgehead atoms. The second-order valence-corrected chi connectivity index (χ2v) is 8.49. The van der Waals surface area contributed by atoms with Crippen molar-refractivity contribution >= 4 is 38.5 Å². The van der Waals surface area contributed by atoms with Gasteiger partial charge in [-0.05, 0) is 74.1 Å². The Hall–Kier alpha value is -2.54. The van der Waals surface area contributed by atoms with Crippen molar-refractivity contribution in [1.82, 2.24) is 4.98 Å². The van der Waals surface area contributed by atoms with Gasteiger partial charge >= 0.3 is 6.18 Å². The maximum absolute atomic E-state index is 13.1. The molecule has 2 aromatic heterocycles. The number of hydrogen-bond donors (Lipinski definition) is 2. The lowest BCUT2D eigenvalue weighted by Gasteiger charge is -2.18. The molecule has 3 nitrogen and oxygen atoms in total. The number of nitrogens with zero attached hydrogens (tertiary/aromatic N) is 1. The second-order valence-electron chi connectivity index (χ2n) is 7.41. The van der Waals surface area contributed by atoms with Crippen molar-refractivity contribution < 1.29 is 13.2 Å². The van der Waals surface area contributed by atoms with E-state index in [9.17, 15) is 13.2 Å². The van der Waals surface area contributed by atoms with Crippen LogP contribution < -0.4 is 11.1 Å². The van der Waals surface area contributed by atoms with Crippen molar-refractivity contribution in [1.29, 1.82) is 0 Å². The largest absolute Gasteiger partial charge is 0.416 e. The first-order chi connectivity index (χ1) is 13.8. The number of allylic oxidation sites excluding steroid dienone is 2. The van der Waals surface area contributed by atoms with Crippen molar-refractivity contribution in [2.24, 2.45) is 0 Å². The zero-order valence-corrected chi connectivity index (χ0v) is 16.8. The summed E-state index contributed by atoms with van der Waals surface area (Å²) < 4.78 is 40.5. The van der Waals surface area contributed by atoms with Gasteiger partial charge in [0.1, 0.15) is 5.82 Å². The highest BCUT2D eigenvalue weighted by molar-refractivity contribution is 7.20. The molecule has 152 valence electrons. The molecule has 3 N–H and O–H groups in total. The van der Waals surface area contributed by atoms with Crippen molar-refractivity contribution in [3.8, 4) is 0 Å². The number of halogens is 3. The van der Waals surface area contributed by atoms with Crippen LogP contribution in [0.15, 0.2) is 42.6 Å². The van der Waals surface area contributed by atoms with Crippen molar-refractivity contribution in [2.75, 3.05) is 11.1 Å². The Labute approximate surface area is 171 Å². The van der Waals surface area contributed by atoms with E-state index in [1.54, 1.807) is 23.6 Å². The summed E-state index contributed by atoms with van der Waals surface area (Å²) in [6.45, 7) is 1.81. The molecule has 0 amide bonds. The Balaban J connectivity index is 1.65. The van der Waals surface area contributed by atoms with Gasteiger partial charge in [-0.1, -0.05) is 6.08 Å². The quantitative estimate of drug-likeness (QED) is 0.448. The number of pyridine rings is 1. The van der Waals surface area contributed by atoms with Crippen LogP contribution in [0.3, 0.4) is 0 Å². The molecule has 29 heavy (non-hydrogen) atoms. The smallest absolute Gasteiger partial charge is 0.399 e. The minimum atomic E-state index is -4.43. The van der Waals surface area contributed by atoms with Crippen LogP contribution in [-0.2, 0) is 6.18 Å². The van der Waals surface area contributed by atoms with Gasteiger partial charge in [0.05, 0.1) is 11.6 Å². The molecule has 2 heterocycles. The topological polar surface area (TPSA) is 50.9 Å². The predicted octanol–water partition coefficient (Wildman–Crippen LogP) is 7.03. The molecule has 0 saturated carbocycles. The number of hydrogen-bond acceptors (Lipinski definition) is 4. The minimum absolute atomic E-state index is 0.0942. The van der Waals surface area contributed by atoms with Gasteiger partial charge < -0.3 is 11.1 Å². The molecule has 0 saturated heterocycles. The fraction of sp³-hybridized carbons (Fsp3) is 0.318. The van der Waals surface area contributed by atoms with Crippen molar-refractivity contribution in [3.63, 3.8) is 0 Å². The summed E-state index contributed by atoms with van der Waals surface area (Å²) in [4.78, 5) is 5.69. The fourth-order valence-corrected chi connectivity index (χ4v) is 4.80. The average Bonchev–Trinajstić information content (AvgIpc) is 3.13. The van der Waals surface area contributed by atoms with E-state index in [2.05, 4.69) is 22.4 Å². The number of nitrogen functional groups attached to an aromatic ring is 1. The van der Waals surface area contributed by atoms with E-state index >= 15 is 0 Å². The summed E-state index contributed by atoms with van der Waals surface area (Å²) in [6, 6.07) is 7.40. The molecule has 1 aliphatic rings. The first-order valence-corrected chi connectivity index (χ1v) is 10.4. The van der Waals surface area contributed by atoms with Crippen LogP contribution in [0.5, 0.6) is 0 Å². The van der Waals surface area contributed by atoms with Crippen LogP contribution in [0.2, 0.25) is 0 Å². The van der Waals surface area contributed by atoms with E-state index in [4.69, 9.17) is 5.73 Å². The number of benzene rings is 1. The predicted molar refractivity (Wildman–Crippen MR) is 114 cm³/mol. The molecular formula is C22H22F3N3S. The SMILES string of the molecule is C[C@@H](Nc1nccc2sc(C3=CCCCC3)cc12)c1cc(N)cc(C(F)(F)F)c1. The molecule has 1 aromatic carbocycles. The first-order valence-electron chi connectivity index (χ1n) is 9.63. The van der Waals surface area contributed by atoms with E-state index in [0.29, 0.717) is 11.4 Å². The van der Waals surface area contributed by atoms with Crippen LogP contribution in [0.25, 0.3) is 15.7 Å². The molecule has 7 heteroatoms. The Kier molecular flexibility index (Phi) is 5.25. The Morgan fingerprint density at radius 3 is 2.72 bits per heavy atom. The molecule has 0 spiro atoms. The molecule has 3 aromatic rings. The van der Waals surface area contributed by atoms with Gasteiger partial charge in [0.15, 0.2) is 0 Å². The molecular weight excluding hydrogens is 395 g/mol. The number of fused-ring (bicyclic) bond motifs is 1. The Morgan fingerprint density at radius 1 is 1.17 bits per heavy atom. The van der Waals surface area contributed by atoms with E-state index in [-0.39, 0.29) is 11.7 Å². The van der Waals surface area contributed by atoms with Gasteiger partial charge in [0.25, 0.3) is 0 Å². The standard InChI is InChI=1S/C22H22F3N3S/c1-13(15-9-16(22(23,24)25)11-17(26)10-15)28-21-18-12-20(14-5-3-2-4-6-14)29-19(18)7-8-27-21/h5,7-13H,2-4,6,26H2,1H3,(H,27,28)/t13-/m1/s1. The minimum Gasteiger partial charge on any atom is -0.399 e. The third-order valence-corrected chi connectivity index (χ3v) is 6.39. The lowest BCUT2D eigenvalue weighted by Crippen LogP contribution is -2.12. The second kappa shape index (κ2) is 7.71. The molecule has 1 aliphatic carbocycles. The molecule has 0 fully saturated rings. The summed E-state index contributed by atoms with van der Waals surface area (Å²) in [5.74, 6) is 0.671. The third kappa shape index (κ3) is 4.24. The number of rotatable bonds is 4. The molecule has 0 unspecified atom stereocenters. The first kappa shape index (κ1) is 19.8.